The van der Waals surface area contributed by atoms with Crippen molar-refractivity contribution in [3.05, 3.63) is 28.8 Å². The Morgan fingerprint density at radius 2 is 1.62 bits per heavy atom. The molecule has 0 aliphatic carbocycles. The molecule has 26 heavy (non-hydrogen) atoms. The minimum atomic E-state index is -0.297. The van der Waals surface area contributed by atoms with Crippen molar-refractivity contribution in [3.8, 4) is 0 Å². The standard InChI is InChI=1S/C19H29N3O4/c1-13-9-14(2)19(15(3)10-13)21-17(24)12-22(4)11-16(23)20-8-6-7-18(25)26-5/h9-10H,6-8,11-12H2,1-5H3,(H,20,23)(H,21,24). The van der Waals surface area contributed by atoms with Gasteiger partial charge in [0.1, 0.15) is 0 Å². The van der Waals surface area contributed by atoms with Crippen molar-refractivity contribution < 1.29 is 19.1 Å². The molecule has 2 N–H and O–H groups in total. The van der Waals surface area contributed by atoms with Crippen LogP contribution in [0.15, 0.2) is 12.1 Å². The number of benzene rings is 1. The van der Waals surface area contributed by atoms with E-state index in [9.17, 15) is 14.4 Å². The van der Waals surface area contributed by atoms with Gasteiger partial charge < -0.3 is 15.4 Å². The summed E-state index contributed by atoms with van der Waals surface area (Å²) in [4.78, 5) is 36.7. The average Bonchev–Trinajstić information content (AvgIpc) is 2.54. The number of esters is 1. The molecule has 0 heterocycles. The first-order valence-corrected chi connectivity index (χ1v) is 8.62. The number of ether oxygens (including phenoxy) is 1. The highest BCUT2D eigenvalue weighted by Crippen LogP contribution is 2.21. The normalized spacial score (nSPS) is 10.5. The molecule has 0 aliphatic rings. The topological polar surface area (TPSA) is 87.7 Å². The number of rotatable bonds is 9. The highest BCUT2D eigenvalue weighted by Gasteiger charge is 2.13. The van der Waals surface area contributed by atoms with E-state index in [1.807, 2.05) is 32.9 Å². The zero-order valence-corrected chi connectivity index (χ0v) is 16.3. The maximum Gasteiger partial charge on any atom is 0.305 e. The van der Waals surface area contributed by atoms with Crippen LogP contribution in [0.25, 0.3) is 0 Å². The van der Waals surface area contributed by atoms with Crippen LogP contribution in [0, 0.1) is 20.8 Å². The Morgan fingerprint density at radius 3 is 2.19 bits per heavy atom. The van der Waals surface area contributed by atoms with Gasteiger partial charge in [-0.3, -0.25) is 19.3 Å². The summed E-state index contributed by atoms with van der Waals surface area (Å²) >= 11 is 0. The summed E-state index contributed by atoms with van der Waals surface area (Å²) in [5, 5.41) is 5.64. The molecule has 2 amide bonds. The Labute approximate surface area is 155 Å². The van der Waals surface area contributed by atoms with Gasteiger partial charge in [0.2, 0.25) is 11.8 Å². The number of anilines is 1. The van der Waals surface area contributed by atoms with Gasteiger partial charge >= 0.3 is 5.97 Å². The third-order valence-corrected chi connectivity index (χ3v) is 3.88. The van der Waals surface area contributed by atoms with Crippen molar-refractivity contribution in [2.45, 2.75) is 33.6 Å². The molecule has 1 aromatic rings. The van der Waals surface area contributed by atoms with Gasteiger partial charge in [0.05, 0.1) is 20.2 Å². The minimum Gasteiger partial charge on any atom is -0.469 e. The second-order valence-electron chi connectivity index (χ2n) is 6.52. The predicted octanol–water partition coefficient (Wildman–Crippen LogP) is 1.55. The van der Waals surface area contributed by atoms with Gasteiger partial charge in [-0.05, 0) is 45.4 Å². The zero-order valence-electron chi connectivity index (χ0n) is 16.3. The summed E-state index contributed by atoms with van der Waals surface area (Å²) in [6.45, 7) is 6.56. The fourth-order valence-corrected chi connectivity index (χ4v) is 2.72. The number of amides is 2. The molecule has 7 nitrogen and oxygen atoms in total. The first-order valence-electron chi connectivity index (χ1n) is 8.62. The number of carbonyl (C=O) groups excluding carboxylic acids is 3. The van der Waals surface area contributed by atoms with Crippen molar-refractivity contribution in [2.24, 2.45) is 0 Å². The van der Waals surface area contributed by atoms with E-state index in [4.69, 9.17) is 0 Å². The van der Waals surface area contributed by atoms with Crippen LogP contribution in [-0.4, -0.2) is 56.5 Å². The van der Waals surface area contributed by atoms with Gasteiger partial charge in [-0.15, -0.1) is 0 Å². The number of hydrogen-bond donors (Lipinski definition) is 2. The number of hydrogen-bond acceptors (Lipinski definition) is 5. The Morgan fingerprint density at radius 1 is 1.04 bits per heavy atom. The molecule has 0 unspecified atom stereocenters. The smallest absolute Gasteiger partial charge is 0.305 e. The quantitative estimate of drug-likeness (QED) is 0.513. The van der Waals surface area contributed by atoms with Crippen molar-refractivity contribution in [3.63, 3.8) is 0 Å². The Balaban J connectivity index is 2.38. The molecule has 144 valence electrons. The van der Waals surface area contributed by atoms with Crippen LogP contribution >= 0.6 is 0 Å². The van der Waals surface area contributed by atoms with Crippen LogP contribution in [0.5, 0.6) is 0 Å². The monoisotopic (exact) mass is 363 g/mol. The van der Waals surface area contributed by atoms with E-state index in [-0.39, 0.29) is 37.3 Å². The van der Waals surface area contributed by atoms with Gasteiger partial charge in [0.15, 0.2) is 0 Å². The molecule has 7 heteroatoms. The lowest BCUT2D eigenvalue weighted by Crippen LogP contribution is -2.39. The van der Waals surface area contributed by atoms with Crippen LogP contribution in [0.2, 0.25) is 0 Å². The van der Waals surface area contributed by atoms with E-state index in [1.165, 1.54) is 7.11 Å². The summed E-state index contributed by atoms with van der Waals surface area (Å²) in [6, 6.07) is 4.04. The van der Waals surface area contributed by atoms with Gasteiger partial charge in [-0.2, -0.15) is 0 Å². The van der Waals surface area contributed by atoms with Crippen LogP contribution in [0.3, 0.4) is 0 Å². The molecule has 0 atom stereocenters. The van der Waals surface area contributed by atoms with E-state index < -0.39 is 0 Å². The van der Waals surface area contributed by atoms with Crippen LogP contribution in [0.4, 0.5) is 5.69 Å². The molecule has 0 aliphatic heterocycles. The number of nitrogens with zero attached hydrogens (tertiary/aromatic N) is 1. The summed E-state index contributed by atoms with van der Waals surface area (Å²) in [5.74, 6) is -0.649. The second kappa shape index (κ2) is 10.6. The van der Waals surface area contributed by atoms with E-state index in [0.29, 0.717) is 13.0 Å². The van der Waals surface area contributed by atoms with Gasteiger partial charge in [0.25, 0.3) is 0 Å². The van der Waals surface area contributed by atoms with Gasteiger partial charge in [-0.1, -0.05) is 17.7 Å². The molecule has 0 saturated heterocycles. The molecular formula is C19H29N3O4. The minimum absolute atomic E-state index is 0.109. The van der Waals surface area contributed by atoms with E-state index in [0.717, 1.165) is 22.4 Å². The third-order valence-electron chi connectivity index (χ3n) is 3.88. The molecular weight excluding hydrogens is 334 g/mol. The first-order chi connectivity index (χ1) is 12.2. The fraction of sp³-hybridized carbons (Fsp3) is 0.526. The molecule has 0 saturated carbocycles. The fourth-order valence-electron chi connectivity index (χ4n) is 2.72. The van der Waals surface area contributed by atoms with E-state index in [2.05, 4.69) is 15.4 Å². The Bertz CT molecular complexity index is 635. The van der Waals surface area contributed by atoms with Crippen LogP contribution in [0.1, 0.15) is 29.5 Å². The average molecular weight is 363 g/mol. The highest BCUT2D eigenvalue weighted by atomic mass is 16.5. The number of aryl methyl sites for hydroxylation is 3. The first kappa shape index (κ1) is 21.6. The summed E-state index contributed by atoms with van der Waals surface area (Å²) in [5.41, 5.74) is 4.00. The van der Waals surface area contributed by atoms with E-state index >= 15 is 0 Å². The summed E-state index contributed by atoms with van der Waals surface area (Å²) in [6.07, 6.45) is 0.791. The van der Waals surface area contributed by atoms with Crippen LogP contribution in [-0.2, 0) is 19.1 Å². The maximum absolute atomic E-state index is 12.2. The predicted molar refractivity (Wildman–Crippen MR) is 101 cm³/mol. The zero-order chi connectivity index (χ0) is 19.7. The summed E-state index contributed by atoms with van der Waals surface area (Å²) in [7, 11) is 3.04. The highest BCUT2D eigenvalue weighted by molar-refractivity contribution is 5.94. The van der Waals surface area contributed by atoms with Gasteiger partial charge in [-0.25, -0.2) is 0 Å². The maximum atomic E-state index is 12.2. The van der Waals surface area contributed by atoms with Crippen LogP contribution < -0.4 is 10.6 Å². The van der Waals surface area contributed by atoms with Gasteiger partial charge in [0, 0.05) is 18.7 Å². The number of methoxy groups -OCH3 is 1. The molecule has 0 bridgehead atoms. The lowest BCUT2D eigenvalue weighted by molar-refractivity contribution is -0.140. The molecule has 1 rings (SSSR count). The number of likely N-dealkylation sites (N-methyl/N-ethyl adjacent to an activating group) is 1. The third kappa shape index (κ3) is 7.65. The number of carbonyl (C=O) groups is 3. The Hall–Kier alpha value is -2.41. The molecule has 0 aromatic heterocycles. The lowest BCUT2D eigenvalue weighted by Gasteiger charge is -2.18. The lowest BCUT2D eigenvalue weighted by atomic mass is 10.1. The molecule has 0 spiro atoms. The van der Waals surface area contributed by atoms with Crippen molar-refractivity contribution >= 4 is 23.5 Å². The molecule has 1 aromatic carbocycles. The molecule has 0 fully saturated rings. The van der Waals surface area contributed by atoms with E-state index in [1.54, 1.807) is 11.9 Å². The number of nitrogens with one attached hydrogen (secondary N) is 2. The van der Waals surface area contributed by atoms with Crippen molar-refractivity contribution in [2.75, 3.05) is 39.1 Å². The Kier molecular flexibility index (Phi) is 8.78. The van der Waals surface area contributed by atoms with Crippen molar-refractivity contribution in [1.29, 1.82) is 0 Å². The SMILES string of the molecule is COC(=O)CCCNC(=O)CN(C)CC(=O)Nc1c(C)cc(C)cc1C. The second-order valence-corrected chi connectivity index (χ2v) is 6.52. The molecule has 0 radical (unpaired) electrons. The summed E-state index contributed by atoms with van der Waals surface area (Å²) < 4.78 is 4.53. The van der Waals surface area contributed by atoms with Crippen molar-refractivity contribution in [1.82, 2.24) is 10.2 Å². The largest absolute Gasteiger partial charge is 0.469 e.